The molecule has 0 amide bonds. The Bertz CT molecular complexity index is 1300. The van der Waals surface area contributed by atoms with Gasteiger partial charge in [-0.1, -0.05) is 6.07 Å². The van der Waals surface area contributed by atoms with Crippen LogP contribution in [0.15, 0.2) is 30.3 Å². The van der Waals surface area contributed by atoms with Crippen LogP contribution in [0.2, 0.25) is 0 Å². The molecule has 15 heteroatoms. The van der Waals surface area contributed by atoms with Crippen LogP contribution in [0.1, 0.15) is 23.1 Å². The van der Waals surface area contributed by atoms with Gasteiger partial charge in [0.2, 0.25) is 18.3 Å². The maximum atomic E-state index is 10.7. The molecular weight excluding hydrogens is 576 g/mol. The smallest absolute Gasteiger partial charge is 0.229 e. The van der Waals surface area contributed by atoms with Crippen molar-refractivity contribution in [2.45, 2.75) is 73.4 Å². The summed E-state index contributed by atoms with van der Waals surface area (Å²) >= 11 is 0. The van der Waals surface area contributed by atoms with E-state index in [1.807, 2.05) is 12.1 Å². The number of hydrogen-bond donors (Lipinski definition) is 8. The van der Waals surface area contributed by atoms with E-state index in [0.717, 1.165) is 5.56 Å². The highest BCUT2D eigenvalue weighted by Crippen LogP contribution is 2.56. The number of ether oxygens (including phenoxy) is 7. The van der Waals surface area contributed by atoms with Crippen molar-refractivity contribution in [2.75, 3.05) is 26.9 Å². The van der Waals surface area contributed by atoms with Crippen LogP contribution in [0.4, 0.5) is 0 Å². The second-order valence-electron chi connectivity index (χ2n) is 10.8. The minimum absolute atomic E-state index is 0.111. The maximum absolute atomic E-state index is 10.7. The van der Waals surface area contributed by atoms with Gasteiger partial charge >= 0.3 is 0 Å². The fraction of sp³-hybridized carbons (Fsp3) is 0.571. The van der Waals surface area contributed by atoms with E-state index in [1.165, 1.54) is 6.07 Å². The Morgan fingerprint density at radius 1 is 0.744 bits per heavy atom. The zero-order valence-electron chi connectivity index (χ0n) is 22.9. The monoisotopic (exact) mass is 610 g/mol. The molecule has 236 valence electrons. The highest BCUT2D eigenvalue weighted by atomic mass is 16.7. The van der Waals surface area contributed by atoms with Crippen molar-refractivity contribution < 1.29 is 74.0 Å². The molecule has 0 bridgehead atoms. The van der Waals surface area contributed by atoms with Crippen molar-refractivity contribution in [1.82, 2.24) is 0 Å². The summed E-state index contributed by atoms with van der Waals surface area (Å²) in [5, 5.41) is 81.5. The van der Waals surface area contributed by atoms with Gasteiger partial charge in [0.1, 0.15) is 66.4 Å². The van der Waals surface area contributed by atoms with Gasteiger partial charge in [-0.2, -0.15) is 0 Å². The van der Waals surface area contributed by atoms with E-state index in [4.69, 9.17) is 33.2 Å². The van der Waals surface area contributed by atoms with Gasteiger partial charge in [-0.25, -0.2) is 0 Å². The first kappa shape index (κ1) is 30.1. The number of benzene rings is 2. The highest BCUT2D eigenvalue weighted by molar-refractivity contribution is 5.60. The number of methoxy groups -OCH3 is 1. The lowest BCUT2D eigenvalue weighted by atomic mass is 9.89. The van der Waals surface area contributed by atoms with Crippen molar-refractivity contribution >= 4 is 0 Å². The van der Waals surface area contributed by atoms with Crippen LogP contribution in [0.5, 0.6) is 28.7 Å². The van der Waals surface area contributed by atoms with Crippen LogP contribution in [0, 0.1) is 0 Å². The van der Waals surface area contributed by atoms with Crippen molar-refractivity contribution in [3.63, 3.8) is 0 Å². The number of aliphatic hydroxyl groups is 8. The molecular formula is C28H34O15. The van der Waals surface area contributed by atoms with Crippen LogP contribution in [0.25, 0.3) is 0 Å². The summed E-state index contributed by atoms with van der Waals surface area (Å²) in [5.74, 6) is 0.813. The van der Waals surface area contributed by atoms with E-state index in [0.29, 0.717) is 17.1 Å². The molecule has 4 heterocycles. The standard InChI is InChI=1S/C28H34O15/c1-37-10-2-3-11-13-9-38-25-12(24(13)39-15(11)6-10)4-5-14(40-27-22(35)20(33)18(31)16(7-29)41-27)26(25)43-28-23(36)21(34)19(32)17(8-30)42-28/h2-6,13,16-24,27-36H,7-9H2,1H3. The molecule has 0 spiro atoms. The van der Waals surface area contributed by atoms with Crippen LogP contribution in [-0.2, 0) is 9.47 Å². The Morgan fingerprint density at radius 2 is 1.35 bits per heavy atom. The number of rotatable bonds is 7. The molecule has 0 saturated carbocycles. The number of hydrogen-bond acceptors (Lipinski definition) is 15. The Hall–Kier alpha value is -2.96. The third-order valence-corrected chi connectivity index (χ3v) is 8.23. The van der Waals surface area contributed by atoms with Crippen molar-refractivity contribution in [2.24, 2.45) is 0 Å². The maximum Gasteiger partial charge on any atom is 0.229 e. The van der Waals surface area contributed by atoms with Crippen LogP contribution >= 0.6 is 0 Å². The molecule has 43 heavy (non-hydrogen) atoms. The molecule has 4 aliphatic heterocycles. The predicted octanol–water partition coefficient (Wildman–Crippen LogP) is -2.34. The van der Waals surface area contributed by atoms with Crippen LogP contribution in [-0.4, -0.2) is 129 Å². The first-order valence-electron chi connectivity index (χ1n) is 13.7. The first-order valence-corrected chi connectivity index (χ1v) is 13.7. The molecule has 15 nitrogen and oxygen atoms in total. The van der Waals surface area contributed by atoms with Crippen LogP contribution in [0.3, 0.4) is 0 Å². The highest BCUT2D eigenvalue weighted by Gasteiger charge is 2.49. The molecule has 12 unspecified atom stereocenters. The predicted molar refractivity (Wildman–Crippen MR) is 140 cm³/mol. The fourth-order valence-corrected chi connectivity index (χ4v) is 5.77. The lowest BCUT2D eigenvalue weighted by molar-refractivity contribution is -0.282. The topological polar surface area (TPSA) is 226 Å². The van der Waals surface area contributed by atoms with Gasteiger partial charge in [0.15, 0.2) is 11.5 Å². The summed E-state index contributed by atoms with van der Waals surface area (Å²) in [4.78, 5) is 0. The number of fused-ring (bicyclic) bond motifs is 5. The SMILES string of the molecule is COc1ccc2c(c1)OC1c3ccc(OC4OC(CO)C(O)C(O)C4O)c(OC4OC(CO)C(O)C(O)C4O)c3OCC21. The normalized spacial score (nSPS) is 38.2. The molecule has 6 rings (SSSR count). The Balaban J connectivity index is 1.37. The molecule has 4 aliphatic rings. The summed E-state index contributed by atoms with van der Waals surface area (Å²) in [5.41, 5.74) is 1.42. The third kappa shape index (κ3) is 5.14. The molecule has 2 saturated heterocycles. The molecule has 0 aromatic heterocycles. The molecule has 2 aromatic rings. The summed E-state index contributed by atoms with van der Waals surface area (Å²) in [6.45, 7) is -1.24. The van der Waals surface area contributed by atoms with E-state index in [-0.39, 0.29) is 29.8 Å². The van der Waals surface area contributed by atoms with Gasteiger partial charge in [0.05, 0.1) is 32.8 Å². The van der Waals surface area contributed by atoms with Gasteiger partial charge in [-0.05, 0) is 18.2 Å². The summed E-state index contributed by atoms with van der Waals surface area (Å²) < 4.78 is 40.7. The largest absolute Gasteiger partial charge is 0.497 e. The summed E-state index contributed by atoms with van der Waals surface area (Å²) in [6.07, 6.45) is -16.5. The zero-order valence-corrected chi connectivity index (χ0v) is 22.9. The van der Waals surface area contributed by atoms with E-state index in [2.05, 4.69) is 0 Å². The second kappa shape index (κ2) is 11.9. The Morgan fingerprint density at radius 3 is 1.95 bits per heavy atom. The van der Waals surface area contributed by atoms with Gasteiger partial charge < -0.3 is 74.0 Å². The van der Waals surface area contributed by atoms with Crippen LogP contribution < -0.4 is 23.7 Å². The van der Waals surface area contributed by atoms with Crippen molar-refractivity contribution in [3.8, 4) is 28.7 Å². The van der Waals surface area contributed by atoms with Gasteiger partial charge in [-0.3, -0.25) is 0 Å². The Labute approximate surface area is 244 Å². The molecule has 2 aromatic carbocycles. The molecule has 8 N–H and O–H groups in total. The van der Waals surface area contributed by atoms with Crippen molar-refractivity contribution in [3.05, 3.63) is 41.5 Å². The third-order valence-electron chi connectivity index (χ3n) is 8.23. The quantitative estimate of drug-likeness (QED) is 0.164. The minimum atomic E-state index is -1.77. The van der Waals surface area contributed by atoms with E-state index in [1.54, 1.807) is 19.2 Å². The van der Waals surface area contributed by atoms with Crippen molar-refractivity contribution in [1.29, 1.82) is 0 Å². The van der Waals surface area contributed by atoms with E-state index < -0.39 is 80.7 Å². The van der Waals surface area contributed by atoms with E-state index >= 15 is 0 Å². The van der Waals surface area contributed by atoms with Gasteiger partial charge in [-0.15, -0.1) is 0 Å². The second-order valence-corrected chi connectivity index (χ2v) is 10.8. The lowest BCUT2D eigenvalue weighted by Gasteiger charge is -2.41. The average Bonchev–Trinajstić information content (AvgIpc) is 3.40. The zero-order chi connectivity index (χ0) is 30.6. The van der Waals surface area contributed by atoms with Gasteiger partial charge in [0.25, 0.3) is 0 Å². The first-order chi connectivity index (χ1) is 20.7. The minimum Gasteiger partial charge on any atom is -0.497 e. The fourth-order valence-electron chi connectivity index (χ4n) is 5.77. The average molecular weight is 611 g/mol. The molecule has 0 radical (unpaired) electrons. The summed E-state index contributed by atoms with van der Waals surface area (Å²) in [6, 6.07) is 8.53. The Kier molecular flexibility index (Phi) is 8.29. The number of aliphatic hydroxyl groups excluding tert-OH is 8. The van der Waals surface area contributed by atoms with E-state index in [9.17, 15) is 40.9 Å². The summed E-state index contributed by atoms with van der Waals surface area (Å²) in [7, 11) is 1.54. The lowest BCUT2D eigenvalue weighted by Crippen LogP contribution is -2.60. The van der Waals surface area contributed by atoms with Gasteiger partial charge in [0, 0.05) is 17.2 Å². The molecule has 0 aliphatic carbocycles. The molecule has 2 fully saturated rings. The molecule has 12 atom stereocenters.